The molecule has 2 bridgehead atoms. The molecule has 0 radical (unpaired) electrons. The van der Waals surface area contributed by atoms with Gasteiger partial charge in [0.05, 0.1) is 0 Å². The first-order valence-corrected chi connectivity index (χ1v) is 10.5. The molecule has 5 atom stereocenters. The van der Waals surface area contributed by atoms with Gasteiger partial charge in [0.1, 0.15) is 12.5 Å². The number of likely N-dealkylation sites (tertiary alicyclic amines) is 1. The fourth-order valence-electron chi connectivity index (χ4n) is 6.80. The molecule has 4 heteroatoms. The number of hydrogen-bond acceptors (Lipinski definition) is 3. The van der Waals surface area contributed by atoms with E-state index in [9.17, 15) is 9.90 Å². The quantitative estimate of drug-likeness (QED) is 0.719. The first-order valence-electron chi connectivity index (χ1n) is 10.5. The van der Waals surface area contributed by atoms with Crippen LogP contribution in [-0.2, 0) is 4.79 Å². The Balaban J connectivity index is 1.51. The van der Waals surface area contributed by atoms with Crippen LogP contribution in [0.4, 0.5) is 0 Å². The van der Waals surface area contributed by atoms with Gasteiger partial charge in [-0.25, -0.2) is 4.58 Å². The molecular weight excluding hydrogens is 312 g/mol. The van der Waals surface area contributed by atoms with Gasteiger partial charge in [-0.2, -0.15) is 0 Å². The molecule has 25 heavy (non-hydrogen) atoms. The molecule has 136 valence electrons. The summed E-state index contributed by atoms with van der Waals surface area (Å²) in [5.41, 5.74) is 3.14. The molecule has 6 aliphatic rings. The van der Waals surface area contributed by atoms with E-state index in [1.807, 2.05) is 0 Å². The first kappa shape index (κ1) is 15.9. The van der Waals surface area contributed by atoms with E-state index in [0.29, 0.717) is 11.8 Å². The number of hydrogen-bond donors (Lipinski definition) is 0. The van der Waals surface area contributed by atoms with Gasteiger partial charge in [0.15, 0.2) is 11.8 Å². The zero-order valence-electron chi connectivity index (χ0n) is 15.2. The maximum atomic E-state index is 11.6. The molecular formula is C21H30N2O2. The summed E-state index contributed by atoms with van der Waals surface area (Å²) in [5.74, 6) is 1.88. The molecule has 6 rings (SSSR count). The van der Waals surface area contributed by atoms with Crippen molar-refractivity contribution in [3.63, 3.8) is 0 Å². The zero-order chi connectivity index (χ0) is 17.0. The molecule has 0 amide bonds. The normalized spacial score (nSPS) is 43.3. The van der Waals surface area contributed by atoms with Gasteiger partial charge in [-0.05, 0) is 50.4 Å². The molecule has 4 nitrogen and oxygen atoms in total. The number of carboxylic acids is 1. The van der Waals surface area contributed by atoms with Crippen molar-refractivity contribution >= 4 is 11.7 Å². The largest absolute Gasteiger partial charge is 0.543 e. The highest BCUT2D eigenvalue weighted by Crippen LogP contribution is 2.54. The predicted octanol–water partition coefficient (Wildman–Crippen LogP) is 1.79. The molecule has 4 aliphatic carbocycles. The van der Waals surface area contributed by atoms with Gasteiger partial charge in [0.2, 0.25) is 0 Å². The number of fused-ring (bicyclic) bond motifs is 1. The van der Waals surface area contributed by atoms with Crippen LogP contribution in [0.15, 0.2) is 11.8 Å². The van der Waals surface area contributed by atoms with Gasteiger partial charge in [0, 0.05) is 49.9 Å². The average molecular weight is 342 g/mol. The van der Waals surface area contributed by atoms with Crippen LogP contribution in [0.3, 0.4) is 0 Å². The number of carbonyl (C=O) groups excluding carboxylic acids is 1. The first-order chi connectivity index (χ1) is 12.2. The maximum absolute atomic E-state index is 11.6. The SMILES string of the molecule is O=C([O-])[C@@H]1CCC[N+]1=C1CCC[C@@H]2[C@H]1[C@H]1C=C(N3CCCC3)[C@@H]2CC1. The minimum atomic E-state index is -0.860. The minimum Gasteiger partial charge on any atom is -0.543 e. The van der Waals surface area contributed by atoms with Crippen molar-refractivity contribution in [1.29, 1.82) is 0 Å². The Kier molecular flexibility index (Phi) is 3.90. The number of carboxylic acid groups (broad SMARTS) is 1. The summed E-state index contributed by atoms with van der Waals surface area (Å²) in [5, 5.41) is 11.6. The number of nitrogens with zero attached hydrogens (tertiary/aromatic N) is 2. The van der Waals surface area contributed by atoms with E-state index in [0.717, 1.165) is 37.6 Å². The molecule has 2 saturated carbocycles. The molecule has 0 unspecified atom stereocenters. The van der Waals surface area contributed by atoms with Crippen molar-refractivity contribution in [2.75, 3.05) is 19.6 Å². The summed E-state index contributed by atoms with van der Waals surface area (Å²) >= 11 is 0. The fraction of sp³-hybridized carbons (Fsp3) is 0.810. The monoisotopic (exact) mass is 342 g/mol. The summed E-state index contributed by atoms with van der Waals surface area (Å²) in [7, 11) is 0. The standard InChI is InChI=1S/C21H30N2O2/c24-21(25)18-7-4-12-23(18)17-6-3-5-16-15-9-8-14(20(16)17)13-19(15)22-10-1-2-11-22/h13-16,18,20H,1-12H2/t14-,15-,16+,18+,20-/m1/s1. The summed E-state index contributed by atoms with van der Waals surface area (Å²) in [6.45, 7) is 3.43. The highest BCUT2D eigenvalue weighted by Gasteiger charge is 2.52. The zero-order valence-corrected chi connectivity index (χ0v) is 15.2. The van der Waals surface area contributed by atoms with Crippen molar-refractivity contribution in [3.05, 3.63) is 11.8 Å². The Labute approximate surface area is 150 Å². The fourth-order valence-corrected chi connectivity index (χ4v) is 6.80. The van der Waals surface area contributed by atoms with E-state index in [4.69, 9.17) is 0 Å². The van der Waals surface area contributed by atoms with E-state index in [2.05, 4.69) is 15.6 Å². The van der Waals surface area contributed by atoms with Crippen molar-refractivity contribution in [1.82, 2.24) is 4.90 Å². The van der Waals surface area contributed by atoms with Gasteiger partial charge in [-0.1, -0.05) is 6.08 Å². The van der Waals surface area contributed by atoms with Gasteiger partial charge >= 0.3 is 0 Å². The van der Waals surface area contributed by atoms with Gasteiger partial charge in [0.25, 0.3) is 0 Å². The van der Waals surface area contributed by atoms with Gasteiger partial charge in [-0.15, -0.1) is 0 Å². The lowest BCUT2D eigenvalue weighted by Crippen LogP contribution is -2.52. The third-order valence-electron chi connectivity index (χ3n) is 7.74. The molecule has 0 N–H and O–H groups in total. The Morgan fingerprint density at radius 2 is 1.92 bits per heavy atom. The molecule has 4 fully saturated rings. The van der Waals surface area contributed by atoms with Gasteiger partial charge in [-0.3, -0.25) is 0 Å². The lowest BCUT2D eigenvalue weighted by atomic mass is 9.55. The summed E-state index contributed by atoms with van der Waals surface area (Å²) in [6, 6.07) is -0.365. The van der Waals surface area contributed by atoms with Crippen LogP contribution in [0, 0.1) is 23.7 Å². The highest BCUT2D eigenvalue weighted by atomic mass is 16.4. The van der Waals surface area contributed by atoms with Crippen LogP contribution in [-0.4, -0.2) is 46.8 Å². The second kappa shape index (κ2) is 6.14. The summed E-state index contributed by atoms with van der Waals surface area (Å²) in [6.07, 6.45) is 13.4. The second-order valence-electron chi connectivity index (χ2n) is 8.88. The van der Waals surface area contributed by atoms with Crippen LogP contribution in [0.25, 0.3) is 0 Å². The van der Waals surface area contributed by atoms with E-state index in [1.54, 1.807) is 5.70 Å². The molecule has 2 saturated heterocycles. The van der Waals surface area contributed by atoms with Crippen molar-refractivity contribution in [2.24, 2.45) is 23.7 Å². The predicted molar refractivity (Wildman–Crippen MR) is 94.1 cm³/mol. The lowest BCUT2D eigenvalue weighted by Gasteiger charge is -2.51. The summed E-state index contributed by atoms with van der Waals surface area (Å²) < 4.78 is 2.26. The van der Waals surface area contributed by atoms with E-state index < -0.39 is 5.97 Å². The maximum Gasteiger partial charge on any atom is 0.192 e. The number of rotatable bonds is 2. The van der Waals surface area contributed by atoms with Crippen LogP contribution in [0.1, 0.15) is 57.8 Å². The smallest absolute Gasteiger partial charge is 0.192 e. The van der Waals surface area contributed by atoms with Crippen molar-refractivity contribution in [2.45, 2.75) is 63.8 Å². The van der Waals surface area contributed by atoms with E-state index in [-0.39, 0.29) is 6.04 Å². The van der Waals surface area contributed by atoms with Crippen LogP contribution < -0.4 is 5.11 Å². The minimum absolute atomic E-state index is 0.365. The highest BCUT2D eigenvalue weighted by molar-refractivity contribution is 5.85. The van der Waals surface area contributed by atoms with Crippen molar-refractivity contribution < 1.29 is 14.5 Å². The molecule has 2 heterocycles. The van der Waals surface area contributed by atoms with Crippen LogP contribution >= 0.6 is 0 Å². The number of allylic oxidation sites excluding steroid dienone is 2. The van der Waals surface area contributed by atoms with E-state index >= 15 is 0 Å². The molecule has 0 aromatic rings. The number of aliphatic carboxylic acids is 1. The molecule has 0 aromatic heterocycles. The summed E-state index contributed by atoms with van der Waals surface area (Å²) in [4.78, 5) is 14.3. The Morgan fingerprint density at radius 3 is 2.72 bits per heavy atom. The topological polar surface area (TPSA) is 46.4 Å². The van der Waals surface area contributed by atoms with Crippen molar-refractivity contribution in [3.8, 4) is 0 Å². The third-order valence-corrected chi connectivity index (χ3v) is 7.74. The van der Waals surface area contributed by atoms with Crippen LogP contribution in [0.5, 0.6) is 0 Å². The Hall–Kier alpha value is -1.32. The lowest BCUT2D eigenvalue weighted by molar-refractivity contribution is -0.547. The molecule has 2 aliphatic heterocycles. The Bertz CT molecular complexity index is 632. The van der Waals surface area contributed by atoms with E-state index in [1.165, 1.54) is 57.3 Å². The number of carbonyl (C=O) groups is 1. The second-order valence-corrected chi connectivity index (χ2v) is 8.88. The van der Waals surface area contributed by atoms with Crippen LogP contribution in [0.2, 0.25) is 0 Å². The Morgan fingerprint density at radius 1 is 1.08 bits per heavy atom. The average Bonchev–Trinajstić information content (AvgIpc) is 3.33. The molecule has 0 aromatic carbocycles. The third kappa shape index (κ3) is 2.47. The van der Waals surface area contributed by atoms with Gasteiger partial charge < -0.3 is 14.8 Å². The molecule has 0 spiro atoms.